The van der Waals surface area contributed by atoms with E-state index in [0.29, 0.717) is 12.5 Å². The molecule has 0 bridgehead atoms. The van der Waals surface area contributed by atoms with Crippen molar-refractivity contribution >= 4 is 26.0 Å². The van der Waals surface area contributed by atoms with Crippen molar-refractivity contribution in [2.24, 2.45) is 5.92 Å². The maximum atomic E-state index is 13.1. The molecule has 2 N–H and O–H groups in total. The highest BCUT2D eigenvalue weighted by atomic mass is 79.9. The molecule has 7 heteroatoms. The second kappa shape index (κ2) is 6.30. The lowest BCUT2D eigenvalue weighted by atomic mass is 10.1. The molecule has 0 aromatic heterocycles. The van der Waals surface area contributed by atoms with Crippen LogP contribution in [-0.4, -0.2) is 28.1 Å². The van der Waals surface area contributed by atoms with Crippen molar-refractivity contribution in [1.29, 1.82) is 0 Å². The van der Waals surface area contributed by atoms with Crippen LogP contribution >= 0.6 is 15.9 Å². The van der Waals surface area contributed by atoms with Crippen LogP contribution in [0.2, 0.25) is 0 Å². The summed E-state index contributed by atoms with van der Waals surface area (Å²) in [6.07, 6.45) is 1.90. The van der Waals surface area contributed by atoms with E-state index in [-0.39, 0.29) is 9.37 Å². The van der Waals surface area contributed by atoms with Gasteiger partial charge in [0.1, 0.15) is 5.82 Å². The van der Waals surface area contributed by atoms with Gasteiger partial charge in [-0.3, -0.25) is 0 Å². The Balaban J connectivity index is 1.95. The molecule has 1 aromatic carbocycles. The lowest BCUT2D eigenvalue weighted by molar-refractivity contribution is 0.519. The SMILES string of the molecule is O=S(=O)(NCCC1CCNC1)c1ccc(F)c(Br)c1. The number of nitrogens with one attached hydrogen (secondary N) is 2. The van der Waals surface area contributed by atoms with Gasteiger partial charge in [0.25, 0.3) is 0 Å². The van der Waals surface area contributed by atoms with Crippen molar-refractivity contribution < 1.29 is 12.8 Å². The van der Waals surface area contributed by atoms with E-state index in [4.69, 9.17) is 0 Å². The standard InChI is InChI=1S/C12H16BrFN2O2S/c13-11-7-10(1-2-12(11)14)19(17,18)16-6-4-9-3-5-15-8-9/h1-2,7,9,15-16H,3-6,8H2. The molecule has 19 heavy (non-hydrogen) atoms. The molecular weight excluding hydrogens is 335 g/mol. The first kappa shape index (κ1) is 14.9. The molecule has 4 nitrogen and oxygen atoms in total. The fraction of sp³-hybridized carbons (Fsp3) is 0.500. The molecule has 1 unspecified atom stereocenters. The molecule has 0 aliphatic carbocycles. The maximum absolute atomic E-state index is 13.1. The van der Waals surface area contributed by atoms with Crippen LogP contribution in [0.5, 0.6) is 0 Å². The topological polar surface area (TPSA) is 58.2 Å². The predicted molar refractivity (Wildman–Crippen MR) is 74.9 cm³/mol. The first-order valence-corrected chi connectivity index (χ1v) is 8.42. The van der Waals surface area contributed by atoms with Crippen LogP contribution in [0.25, 0.3) is 0 Å². The van der Waals surface area contributed by atoms with Crippen molar-refractivity contribution in [3.8, 4) is 0 Å². The van der Waals surface area contributed by atoms with Crippen LogP contribution in [0, 0.1) is 11.7 Å². The third kappa shape index (κ3) is 3.98. The van der Waals surface area contributed by atoms with Gasteiger partial charge < -0.3 is 5.32 Å². The van der Waals surface area contributed by atoms with Crippen LogP contribution in [0.1, 0.15) is 12.8 Å². The van der Waals surface area contributed by atoms with Gasteiger partial charge >= 0.3 is 0 Å². The van der Waals surface area contributed by atoms with Crippen LogP contribution in [0.3, 0.4) is 0 Å². The van der Waals surface area contributed by atoms with Crippen molar-refractivity contribution in [1.82, 2.24) is 10.0 Å². The van der Waals surface area contributed by atoms with E-state index in [1.165, 1.54) is 12.1 Å². The van der Waals surface area contributed by atoms with Crippen molar-refractivity contribution in [2.45, 2.75) is 17.7 Å². The Morgan fingerprint density at radius 3 is 2.89 bits per heavy atom. The van der Waals surface area contributed by atoms with E-state index >= 15 is 0 Å². The molecule has 1 aliphatic rings. The molecule has 0 amide bonds. The van der Waals surface area contributed by atoms with Gasteiger partial charge in [-0.15, -0.1) is 0 Å². The average molecular weight is 351 g/mol. The summed E-state index contributed by atoms with van der Waals surface area (Å²) in [7, 11) is -3.56. The second-order valence-electron chi connectivity index (χ2n) is 4.62. The van der Waals surface area contributed by atoms with E-state index in [1.807, 2.05) is 0 Å². The second-order valence-corrected chi connectivity index (χ2v) is 7.24. The zero-order chi connectivity index (χ0) is 13.9. The van der Waals surface area contributed by atoms with E-state index in [0.717, 1.165) is 32.0 Å². The maximum Gasteiger partial charge on any atom is 0.240 e. The monoisotopic (exact) mass is 350 g/mol. The van der Waals surface area contributed by atoms with Crippen molar-refractivity contribution in [2.75, 3.05) is 19.6 Å². The Morgan fingerprint density at radius 1 is 1.47 bits per heavy atom. The molecule has 0 saturated carbocycles. The van der Waals surface area contributed by atoms with Crippen LogP contribution < -0.4 is 10.0 Å². The van der Waals surface area contributed by atoms with Gasteiger partial charge in [-0.2, -0.15) is 0 Å². The zero-order valence-electron chi connectivity index (χ0n) is 10.3. The summed E-state index contributed by atoms with van der Waals surface area (Å²) in [4.78, 5) is 0.0744. The van der Waals surface area contributed by atoms with Gasteiger partial charge in [-0.25, -0.2) is 17.5 Å². The summed E-state index contributed by atoms with van der Waals surface area (Å²) in [5.41, 5.74) is 0. The first-order valence-electron chi connectivity index (χ1n) is 6.14. The summed E-state index contributed by atoms with van der Waals surface area (Å²) < 4.78 is 39.8. The molecule has 2 rings (SSSR count). The minimum absolute atomic E-state index is 0.0744. The fourth-order valence-electron chi connectivity index (χ4n) is 2.09. The van der Waals surface area contributed by atoms with E-state index < -0.39 is 15.8 Å². The zero-order valence-corrected chi connectivity index (χ0v) is 12.7. The third-order valence-electron chi connectivity index (χ3n) is 3.21. The number of halogens is 2. The lowest BCUT2D eigenvalue weighted by Crippen LogP contribution is -2.26. The van der Waals surface area contributed by atoms with E-state index in [2.05, 4.69) is 26.0 Å². The first-order chi connectivity index (χ1) is 8.99. The number of hydrogen-bond donors (Lipinski definition) is 2. The summed E-state index contributed by atoms with van der Waals surface area (Å²) >= 11 is 2.99. The molecule has 1 saturated heterocycles. The van der Waals surface area contributed by atoms with E-state index in [9.17, 15) is 12.8 Å². The van der Waals surface area contributed by atoms with Gasteiger partial charge in [-0.05, 0) is 66.0 Å². The Morgan fingerprint density at radius 2 is 2.26 bits per heavy atom. The van der Waals surface area contributed by atoms with Crippen LogP contribution in [0.4, 0.5) is 4.39 Å². The van der Waals surface area contributed by atoms with Gasteiger partial charge in [0.2, 0.25) is 10.0 Å². The highest BCUT2D eigenvalue weighted by Gasteiger charge is 2.18. The summed E-state index contributed by atoms with van der Waals surface area (Å²) in [5.74, 6) is 0.0543. The number of sulfonamides is 1. The quantitative estimate of drug-likeness (QED) is 0.852. The van der Waals surface area contributed by atoms with Crippen LogP contribution in [0.15, 0.2) is 27.6 Å². The highest BCUT2D eigenvalue weighted by molar-refractivity contribution is 9.10. The normalized spacial score (nSPS) is 19.8. The van der Waals surface area contributed by atoms with Gasteiger partial charge in [0, 0.05) is 6.54 Å². The Hall–Kier alpha value is -0.500. The molecular formula is C12H16BrFN2O2S. The molecule has 1 atom stereocenters. The lowest BCUT2D eigenvalue weighted by Gasteiger charge is -2.10. The summed E-state index contributed by atoms with van der Waals surface area (Å²) in [5, 5.41) is 3.24. The molecule has 1 aromatic rings. The summed E-state index contributed by atoms with van der Waals surface area (Å²) in [6.45, 7) is 2.36. The highest BCUT2D eigenvalue weighted by Crippen LogP contribution is 2.20. The minimum atomic E-state index is -3.56. The van der Waals surface area contributed by atoms with Gasteiger partial charge in [0.05, 0.1) is 9.37 Å². The fourth-order valence-corrected chi connectivity index (χ4v) is 3.69. The smallest absolute Gasteiger partial charge is 0.240 e. The largest absolute Gasteiger partial charge is 0.316 e. The van der Waals surface area contributed by atoms with E-state index in [1.54, 1.807) is 0 Å². The number of rotatable bonds is 5. The third-order valence-corrected chi connectivity index (χ3v) is 5.27. The molecule has 0 radical (unpaired) electrons. The van der Waals surface area contributed by atoms with Gasteiger partial charge in [-0.1, -0.05) is 0 Å². The van der Waals surface area contributed by atoms with Gasteiger partial charge in [0.15, 0.2) is 0 Å². The van der Waals surface area contributed by atoms with Crippen molar-refractivity contribution in [3.05, 3.63) is 28.5 Å². The minimum Gasteiger partial charge on any atom is -0.316 e. The molecule has 106 valence electrons. The number of benzene rings is 1. The average Bonchev–Trinajstić information content (AvgIpc) is 2.85. The summed E-state index contributed by atoms with van der Waals surface area (Å²) in [6, 6.07) is 3.67. The van der Waals surface area contributed by atoms with Crippen LogP contribution in [-0.2, 0) is 10.0 Å². The predicted octanol–water partition coefficient (Wildman–Crippen LogP) is 1.87. The Kier molecular flexibility index (Phi) is 4.94. The molecule has 1 aliphatic heterocycles. The molecule has 1 heterocycles. The number of hydrogen-bond acceptors (Lipinski definition) is 3. The van der Waals surface area contributed by atoms with Crippen molar-refractivity contribution in [3.63, 3.8) is 0 Å². The molecule has 0 spiro atoms. The Bertz CT molecular complexity index is 545. The molecule has 1 fully saturated rings. The Labute approximate surface area is 121 Å².